The van der Waals surface area contributed by atoms with E-state index in [-0.39, 0.29) is 5.88 Å². The van der Waals surface area contributed by atoms with Crippen LogP contribution in [0.25, 0.3) is 39.4 Å². The highest BCUT2D eigenvalue weighted by Gasteiger charge is 2.22. The smallest absolute Gasteiger partial charge is 0.232 e. The van der Waals surface area contributed by atoms with Crippen molar-refractivity contribution in [3.63, 3.8) is 0 Å². The van der Waals surface area contributed by atoms with E-state index < -0.39 is 0 Å². The fourth-order valence-electron chi connectivity index (χ4n) is 3.43. The number of benzene rings is 3. The van der Waals surface area contributed by atoms with Crippen LogP contribution in [0.1, 0.15) is 5.56 Å². The molecule has 0 radical (unpaired) electrons. The SMILES string of the molecule is Cc1ccc2[nH]c(-n3nc(-c4ccccc4)c(-c4ccccc4)c3O)nc2c1. The lowest BCUT2D eigenvalue weighted by atomic mass is 10.0. The van der Waals surface area contributed by atoms with Crippen LogP contribution < -0.4 is 0 Å². The summed E-state index contributed by atoms with van der Waals surface area (Å²) < 4.78 is 1.47. The van der Waals surface area contributed by atoms with Crippen LogP contribution in [-0.4, -0.2) is 24.9 Å². The number of imidazole rings is 1. The number of fused-ring (bicyclic) bond motifs is 1. The Labute approximate surface area is 161 Å². The molecule has 0 atom stereocenters. The van der Waals surface area contributed by atoms with Gasteiger partial charge in [0, 0.05) is 5.56 Å². The molecule has 0 saturated carbocycles. The summed E-state index contributed by atoms with van der Waals surface area (Å²) in [6.07, 6.45) is 0. The summed E-state index contributed by atoms with van der Waals surface area (Å²) in [6.45, 7) is 2.03. The van der Waals surface area contributed by atoms with Crippen molar-refractivity contribution in [1.29, 1.82) is 0 Å². The summed E-state index contributed by atoms with van der Waals surface area (Å²) in [7, 11) is 0. The zero-order chi connectivity index (χ0) is 19.1. The quantitative estimate of drug-likeness (QED) is 0.467. The molecule has 2 N–H and O–H groups in total. The van der Waals surface area contributed by atoms with Gasteiger partial charge in [-0.3, -0.25) is 0 Å². The van der Waals surface area contributed by atoms with Crippen LogP contribution >= 0.6 is 0 Å². The topological polar surface area (TPSA) is 66.7 Å². The Morgan fingerprint density at radius 1 is 0.857 bits per heavy atom. The van der Waals surface area contributed by atoms with E-state index in [9.17, 15) is 5.11 Å². The molecule has 0 aliphatic rings. The standard InChI is InChI=1S/C23H18N4O/c1-15-12-13-18-19(14-15)25-23(24-18)27-22(28)20(16-8-4-2-5-9-16)21(26-27)17-10-6-3-7-11-17/h2-14,28H,1H3,(H,24,25). The first-order valence-corrected chi connectivity index (χ1v) is 9.10. The van der Waals surface area contributed by atoms with Crippen LogP contribution in [0.5, 0.6) is 5.88 Å². The van der Waals surface area contributed by atoms with E-state index in [2.05, 4.69) is 9.97 Å². The molecule has 2 heterocycles. The maximum atomic E-state index is 11.1. The number of nitrogens with zero attached hydrogens (tertiary/aromatic N) is 3. The molecule has 0 unspecified atom stereocenters. The number of nitrogens with one attached hydrogen (secondary N) is 1. The van der Waals surface area contributed by atoms with Crippen molar-refractivity contribution in [1.82, 2.24) is 19.7 Å². The van der Waals surface area contributed by atoms with Gasteiger partial charge in [-0.25, -0.2) is 4.98 Å². The first-order chi connectivity index (χ1) is 13.7. The Morgan fingerprint density at radius 2 is 1.54 bits per heavy atom. The number of H-pyrrole nitrogens is 1. The van der Waals surface area contributed by atoms with Crippen molar-refractivity contribution in [2.24, 2.45) is 0 Å². The lowest BCUT2D eigenvalue weighted by molar-refractivity contribution is 0.432. The molecule has 0 amide bonds. The maximum absolute atomic E-state index is 11.1. The molecule has 5 heteroatoms. The van der Waals surface area contributed by atoms with Gasteiger partial charge in [-0.15, -0.1) is 0 Å². The van der Waals surface area contributed by atoms with Crippen LogP contribution in [0.2, 0.25) is 0 Å². The second-order valence-corrected chi connectivity index (χ2v) is 6.77. The van der Waals surface area contributed by atoms with Gasteiger partial charge in [-0.2, -0.15) is 9.78 Å². The molecule has 0 spiro atoms. The fraction of sp³-hybridized carbons (Fsp3) is 0.0435. The summed E-state index contributed by atoms with van der Waals surface area (Å²) >= 11 is 0. The van der Waals surface area contributed by atoms with E-state index in [1.165, 1.54) is 4.68 Å². The highest BCUT2D eigenvalue weighted by Crippen LogP contribution is 2.39. The van der Waals surface area contributed by atoms with Gasteiger partial charge in [0.2, 0.25) is 11.8 Å². The van der Waals surface area contributed by atoms with Gasteiger partial charge in [-0.1, -0.05) is 66.7 Å². The van der Waals surface area contributed by atoms with Gasteiger partial charge in [0.1, 0.15) is 5.69 Å². The van der Waals surface area contributed by atoms with Crippen LogP contribution in [0.15, 0.2) is 78.9 Å². The molecule has 5 aromatic rings. The van der Waals surface area contributed by atoms with Gasteiger partial charge < -0.3 is 10.1 Å². The van der Waals surface area contributed by atoms with Crippen LogP contribution in [0.3, 0.4) is 0 Å². The molecule has 3 aromatic carbocycles. The van der Waals surface area contributed by atoms with Gasteiger partial charge in [0.05, 0.1) is 16.6 Å². The molecular formula is C23H18N4O. The monoisotopic (exact) mass is 366 g/mol. The largest absolute Gasteiger partial charge is 0.493 e. The molecule has 0 bridgehead atoms. The number of aromatic amines is 1. The minimum Gasteiger partial charge on any atom is -0.493 e. The molecule has 5 nitrogen and oxygen atoms in total. The molecule has 0 fully saturated rings. The predicted octanol–water partition coefficient (Wildman–Crippen LogP) is 5.10. The van der Waals surface area contributed by atoms with Gasteiger partial charge >= 0.3 is 0 Å². The van der Waals surface area contributed by atoms with E-state index in [0.717, 1.165) is 27.7 Å². The highest BCUT2D eigenvalue weighted by atomic mass is 16.3. The average molecular weight is 366 g/mol. The van der Waals surface area contributed by atoms with Crippen molar-refractivity contribution in [3.8, 4) is 34.2 Å². The maximum Gasteiger partial charge on any atom is 0.232 e. The van der Waals surface area contributed by atoms with Crippen molar-refractivity contribution in [2.45, 2.75) is 6.92 Å². The Kier molecular flexibility index (Phi) is 3.72. The lowest BCUT2D eigenvalue weighted by Gasteiger charge is -2.03. The zero-order valence-electron chi connectivity index (χ0n) is 15.3. The van der Waals surface area contributed by atoms with E-state index in [0.29, 0.717) is 17.2 Å². The van der Waals surface area contributed by atoms with E-state index in [1.807, 2.05) is 85.8 Å². The average Bonchev–Trinajstić information content (AvgIpc) is 3.29. The van der Waals surface area contributed by atoms with Crippen LogP contribution in [-0.2, 0) is 0 Å². The number of hydrogen-bond acceptors (Lipinski definition) is 3. The zero-order valence-corrected chi connectivity index (χ0v) is 15.3. The minimum absolute atomic E-state index is 0.0563. The Bertz CT molecular complexity index is 1270. The first-order valence-electron chi connectivity index (χ1n) is 9.10. The first kappa shape index (κ1) is 16.3. The number of aryl methyl sites for hydroxylation is 1. The van der Waals surface area contributed by atoms with Gasteiger partial charge in [-0.05, 0) is 30.2 Å². The highest BCUT2D eigenvalue weighted by molar-refractivity contribution is 5.85. The molecule has 28 heavy (non-hydrogen) atoms. The fourth-order valence-corrected chi connectivity index (χ4v) is 3.43. The third-order valence-corrected chi connectivity index (χ3v) is 4.80. The summed E-state index contributed by atoms with van der Waals surface area (Å²) in [5.41, 5.74) is 6.10. The molecule has 136 valence electrons. The predicted molar refractivity (Wildman–Crippen MR) is 110 cm³/mol. The summed E-state index contributed by atoms with van der Waals surface area (Å²) in [5, 5.41) is 15.8. The van der Waals surface area contributed by atoms with Crippen molar-refractivity contribution in [2.75, 3.05) is 0 Å². The summed E-state index contributed by atoms with van der Waals surface area (Å²) in [5.74, 6) is 0.540. The minimum atomic E-state index is 0.0563. The normalized spacial score (nSPS) is 11.2. The van der Waals surface area contributed by atoms with Gasteiger partial charge in [0.25, 0.3) is 0 Å². The van der Waals surface area contributed by atoms with E-state index >= 15 is 0 Å². The lowest BCUT2D eigenvalue weighted by Crippen LogP contribution is -1.98. The van der Waals surface area contributed by atoms with Crippen LogP contribution in [0.4, 0.5) is 0 Å². The summed E-state index contributed by atoms with van der Waals surface area (Å²) in [6, 6.07) is 25.7. The number of rotatable bonds is 3. The Hall–Kier alpha value is -3.86. The number of aromatic hydroxyl groups is 1. The molecule has 0 aliphatic heterocycles. The van der Waals surface area contributed by atoms with Gasteiger partial charge in [0.15, 0.2) is 0 Å². The number of aromatic nitrogens is 4. The molecule has 0 aliphatic carbocycles. The van der Waals surface area contributed by atoms with Crippen molar-refractivity contribution < 1.29 is 5.11 Å². The van der Waals surface area contributed by atoms with Crippen molar-refractivity contribution in [3.05, 3.63) is 84.4 Å². The van der Waals surface area contributed by atoms with Crippen LogP contribution in [0, 0.1) is 6.92 Å². The molecule has 2 aromatic heterocycles. The molecule has 0 saturated heterocycles. The molecular weight excluding hydrogens is 348 g/mol. The third-order valence-electron chi connectivity index (χ3n) is 4.80. The second kappa shape index (κ2) is 6.39. The summed E-state index contributed by atoms with van der Waals surface area (Å²) in [4.78, 5) is 7.88. The Morgan fingerprint density at radius 3 is 2.25 bits per heavy atom. The van der Waals surface area contributed by atoms with Crippen molar-refractivity contribution >= 4 is 11.0 Å². The van der Waals surface area contributed by atoms with E-state index in [1.54, 1.807) is 0 Å². The Balaban J connectivity index is 1.76. The third kappa shape index (κ3) is 2.65. The molecule has 5 rings (SSSR count). The number of hydrogen-bond donors (Lipinski definition) is 2. The van der Waals surface area contributed by atoms with E-state index in [4.69, 9.17) is 5.10 Å². The second-order valence-electron chi connectivity index (χ2n) is 6.77.